The number of esters is 1. The molecule has 0 aliphatic heterocycles. The molecule has 0 fully saturated rings. The summed E-state index contributed by atoms with van der Waals surface area (Å²) in [6.07, 6.45) is 0.848. The van der Waals surface area contributed by atoms with Crippen LogP contribution in [0.3, 0.4) is 0 Å². The maximum absolute atomic E-state index is 11.8. The van der Waals surface area contributed by atoms with Crippen LogP contribution >= 0.6 is 27.3 Å². The number of nitrogens with one attached hydrogen (secondary N) is 1. The topological polar surface area (TPSA) is 108 Å². The first kappa shape index (κ1) is 21.0. The summed E-state index contributed by atoms with van der Waals surface area (Å²) < 4.78 is 17.0. The van der Waals surface area contributed by atoms with Crippen LogP contribution in [0.4, 0.5) is 10.9 Å². The number of thiazole rings is 1. The molecule has 0 aliphatic rings. The molecular formula is C17H21BrN4O4S. The van der Waals surface area contributed by atoms with E-state index in [4.69, 9.17) is 19.9 Å². The minimum Gasteiger partial charge on any atom is -0.490 e. The first-order chi connectivity index (χ1) is 12.9. The van der Waals surface area contributed by atoms with Crippen molar-refractivity contribution in [2.24, 2.45) is 5.10 Å². The molecule has 0 bridgehead atoms. The van der Waals surface area contributed by atoms with Gasteiger partial charge in [0.15, 0.2) is 17.6 Å². The van der Waals surface area contributed by atoms with Gasteiger partial charge in [-0.3, -0.25) is 5.43 Å². The Morgan fingerprint density at radius 1 is 1.44 bits per heavy atom. The summed E-state index contributed by atoms with van der Waals surface area (Å²) in [5.41, 5.74) is 9.14. The van der Waals surface area contributed by atoms with E-state index in [0.29, 0.717) is 40.1 Å². The van der Waals surface area contributed by atoms with Crippen molar-refractivity contribution in [3.05, 3.63) is 27.5 Å². The molecule has 2 aromatic rings. The first-order valence-corrected chi connectivity index (χ1v) is 9.91. The van der Waals surface area contributed by atoms with Crippen LogP contribution in [0.25, 0.3) is 0 Å². The fourth-order valence-electron chi connectivity index (χ4n) is 2.02. The fraction of sp³-hybridized carbons (Fsp3) is 0.353. The van der Waals surface area contributed by atoms with Crippen molar-refractivity contribution >= 4 is 50.4 Å². The predicted molar refractivity (Wildman–Crippen MR) is 110 cm³/mol. The highest BCUT2D eigenvalue weighted by Gasteiger charge is 2.20. The van der Waals surface area contributed by atoms with Gasteiger partial charge < -0.3 is 19.9 Å². The number of hydrogen-bond acceptors (Lipinski definition) is 9. The second kappa shape index (κ2) is 10.1. The van der Waals surface area contributed by atoms with Gasteiger partial charge in [0.25, 0.3) is 0 Å². The predicted octanol–water partition coefficient (Wildman–Crippen LogP) is 3.66. The summed E-state index contributed by atoms with van der Waals surface area (Å²) in [5, 5.41) is 6.45. The van der Waals surface area contributed by atoms with E-state index in [9.17, 15) is 4.79 Å². The van der Waals surface area contributed by atoms with Gasteiger partial charge in [0, 0.05) is 5.38 Å². The third-order valence-corrected chi connectivity index (χ3v) is 4.49. The number of ether oxygens (including phenoxy) is 3. The SMILES string of the molecule is CCOC(=O)C(C)Oc1c(Br)cc(C=NNc2nc(N)cs2)cc1OCC. The van der Waals surface area contributed by atoms with E-state index in [-0.39, 0.29) is 0 Å². The van der Waals surface area contributed by atoms with Crippen LogP contribution in [0.15, 0.2) is 27.1 Å². The molecule has 0 saturated carbocycles. The number of anilines is 2. The standard InChI is InChI=1S/C17H21BrN4O4S/c1-4-24-13-7-11(8-20-22-17-21-14(19)9-27-17)6-12(18)15(13)26-10(3)16(23)25-5-2/h6-10H,4-5,19H2,1-3H3,(H,21,22). The molecule has 1 heterocycles. The third kappa shape index (κ3) is 6.10. The lowest BCUT2D eigenvalue weighted by Gasteiger charge is -2.18. The van der Waals surface area contributed by atoms with Gasteiger partial charge >= 0.3 is 5.97 Å². The molecule has 1 atom stereocenters. The van der Waals surface area contributed by atoms with Gasteiger partial charge in [-0.25, -0.2) is 9.78 Å². The molecule has 1 aromatic carbocycles. The molecule has 8 nitrogen and oxygen atoms in total. The van der Waals surface area contributed by atoms with Gasteiger partial charge in [-0.05, 0) is 54.4 Å². The zero-order valence-corrected chi connectivity index (χ0v) is 17.6. The van der Waals surface area contributed by atoms with Crippen LogP contribution in [0.5, 0.6) is 11.5 Å². The molecule has 3 N–H and O–H groups in total. The molecule has 0 amide bonds. The Morgan fingerprint density at radius 3 is 2.85 bits per heavy atom. The minimum absolute atomic E-state index is 0.291. The van der Waals surface area contributed by atoms with Crippen molar-refractivity contribution in [2.75, 3.05) is 24.4 Å². The van der Waals surface area contributed by atoms with Gasteiger partial charge in [0.2, 0.25) is 5.13 Å². The minimum atomic E-state index is -0.767. The quantitative estimate of drug-likeness (QED) is 0.336. The Morgan fingerprint density at radius 2 is 2.22 bits per heavy atom. The lowest BCUT2D eigenvalue weighted by atomic mass is 10.2. The smallest absolute Gasteiger partial charge is 0.347 e. The molecule has 2 rings (SSSR count). The molecule has 0 aliphatic carbocycles. The van der Waals surface area contributed by atoms with Gasteiger partial charge in [-0.15, -0.1) is 11.3 Å². The number of carbonyl (C=O) groups is 1. The summed E-state index contributed by atoms with van der Waals surface area (Å²) in [4.78, 5) is 15.9. The maximum Gasteiger partial charge on any atom is 0.347 e. The zero-order chi connectivity index (χ0) is 19.8. The molecule has 0 spiro atoms. The largest absolute Gasteiger partial charge is 0.490 e. The molecule has 10 heteroatoms. The van der Waals surface area contributed by atoms with E-state index >= 15 is 0 Å². The lowest BCUT2D eigenvalue weighted by molar-refractivity contribution is -0.150. The van der Waals surface area contributed by atoms with Crippen molar-refractivity contribution in [3.63, 3.8) is 0 Å². The molecular weight excluding hydrogens is 436 g/mol. The van der Waals surface area contributed by atoms with Crippen molar-refractivity contribution < 1.29 is 19.0 Å². The Kier molecular flexibility index (Phi) is 7.86. The van der Waals surface area contributed by atoms with Gasteiger partial charge in [0.1, 0.15) is 5.82 Å². The Bertz CT molecular complexity index is 812. The number of nitrogens with zero attached hydrogens (tertiary/aromatic N) is 2. The van der Waals surface area contributed by atoms with Gasteiger partial charge in [0.05, 0.1) is 23.9 Å². The number of nitrogen functional groups attached to an aromatic ring is 1. The summed E-state index contributed by atoms with van der Waals surface area (Å²) in [6, 6.07) is 3.57. The molecule has 1 unspecified atom stereocenters. The summed E-state index contributed by atoms with van der Waals surface area (Å²) in [7, 11) is 0. The van der Waals surface area contributed by atoms with E-state index in [1.807, 2.05) is 6.92 Å². The van der Waals surface area contributed by atoms with Crippen molar-refractivity contribution in [3.8, 4) is 11.5 Å². The highest BCUT2D eigenvalue weighted by atomic mass is 79.9. The van der Waals surface area contributed by atoms with E-state index in [1.54, 1.807) is 37.6 Å². The maximum atomic E-state index is 11.8. The van der Waals surface area contributed by atoms with E-state index in [0.717, 1.165) is 5.56 Å². The van der Waals surface area contributed by atoms with Crippen molar-refractivity contribution in [1.82, 2.24) is 4.98 Å². The number of hydrazone groups is 1. The highest BCUT2D eigenvalue weighted by Crippen LogP contribution is 2.37. The zero-order valence-electron chi connectivity index (χ0n) is 15.2. The Balaban J connectivity index is 2.17. The normalized spacial score (nSPS) is 12.0. The van der Waals surface area contributed by atoms with Crippen LogP contribution in [-0.2, 0) is 9.53 Å². The van der Waals surface area contributed by atoms with Gasteiger partial charge in [-0.1, -0.05) is 0 Å². The van der Waals surface area contributed by atoms with E-state index in [1.165, 1.54) is 11.3 Å². The molecule has 146 valence electrons. The van der Waals surface area contributed by atoms with Crippen LogP contribution in [0, 0.1) is 0 Å². The molecule has 27 heavy (non-hydrogen) atoms. The fourth-order valence-corrected chi connectivity index (χ4v) is 3.13. The van der Waals surface area contributed by atoms with E-state index < -0.39 is 12.1 Å². The van der Waals surface area contributed by atoms with Crippen molar-refractivity contribution in [1.29, 1.82) is 0 Å². The van der Waals surface area contributed by atoms with Crippen molar-refractivity contribution in [2.45, 2.75) is 26.9 Å². The molecule has 1 aromatic heterocycles. The molecule has 0 saturated heterocycles. The average Bonchev–Trinajstić information content (AvgIpc) is 3.03. The monoisotopic (exact) mass is 456 g/mol. The number of carbonyl (C=O) groups excluding carboxylic acids is 1. The average molecular weight is 457 g/mol. The molecule has 0 radical (unpaired) electrons. The van der Waals surface area contributed by atoms with Crippen LogP contribution < -0.4 is 20.6 Å². The number of benzene rings is 1. The lowest BCUT2D eigenvalue weighted by Crippen LogP contribution is -2.26. The Labute approximate surface area is 169 Å². The second-order valence-electron chi connectivity index (χ2n) is 5.22. The number of halogens is 1. The number of aromatic nitrogens is 1. The number of nitrogens with two attached hydrogens (primary N) is 1. The highest BCUT2D eigenvalue weighted by molar-refractivity contribution is 9.10. The number of rotatable bonds is 9. The first-order valence-electron chi connectivity index (χ1n) is 8.24. The number of hydrogen-bond donors (Lipinski definition) is 2. The van der Waals surface area contributed by atoms with Gasteiger partial charge in [-0.2, -0.15) is 5.10 Å². The Hall–Kier alpha value is -2.33. The summed E-state index contributed by atoms with van der Waals surface area (Å²) >= 11 is 4.82. The van der Waals surface area contributed by atoms with Crippen LogP contribution in [-0.4, -0.2) is 36.5 Å². The van der Waals surface area contributed by atoms with E-state index in [2.05, 4.69) is 31.4 Å². The van der Waals surface area contributed by atoms with Crippen LogP contribution in [0.2, 0.25) is 0 Å². The summed E-state index contributed by atoms with van der Waals surface area (Å²) in [6.45, 7) is 5.96. The second-order valence-corrected chi connectivity index (χ2v) is 6.94. The van der Waals surface area contributed by atoms with Crippen LogP contribution in [0.1, 0.15) is 26.3 Å². The summed E-state index contributed by atoms with van der Waals surface area (Å²) in [5.74, 6) is 0.916. The third-order valence-electron chi connectivity index (χ3n) is 3.14.